The van der Waals surface area contributed by atoms with Crippen LogP contribution in [0.3, 0.4) is 0 Å². The lowest BCUT2D eigenvalue weighted by atomic mass is 10.1. The van der Waals surface area contributed by atoms with Crippen LogP contribution < -0.4 is 10.5 Å². The van der Waals surface area contributed by atoms with Gasteiger partial charge in [0, 0.05) is 0 Å². The van der Waals surface area contributed by atoms with Gasteiger partial charge in [0.25, 0.3) is 0 Å². The van der Waals surface area contributed by atoms with Gasteiger partial charge >= 0.3 is 12.1 Å². The predicted octanol–water partition coefficient (Wildman–Crippen LogP) is 3.61. The first-order valence-electron chi connectivity index (χ1n) is 8.69. The van der Waals surface area contributed by atoms with Crippen LogP contribution in [0.25, 0.3) is 0 Å². The van der Waals surface area contributed by atoms with Gasteiger partial charge in [-0.2, -0.15) is 0 Å². The number of nitrogens with two attached hydrogens (primary N) is 1. The Labute approximate surface area is 159 Å². The number of carbonyl (C=O) groups excluding carboxylic acids is 2. The summed E-state index contributed by atoms with van der Waals surface area (Å²) in [5.41, 5.74) is 6.99. The van der Waals surface area contributed by atoms with E-state index in [4.69, 9.17) is 15.2 Å². The average Bonchev–Trinajstić information content (AvgIpc) is 2.60. The number of hydrogen-bond acceptors (Lipinski definition) is 6. The molecule has 0 aliphatic carbocycles. The van der Waals surface area contributed by atoms with Crippen LogP contribution in [0.15, 0.2) is 54.6 Å². The van der Waals surface area contributed by atoms with Crippen molar-refractivity contribution in [2.45, 2.75) is 45.4 Å². The Hall–Kier alpha value is -2.86. The number of benzene rings is 2. The molecule has 144 valence electrons. The van der Waals surface area contributed by atoms with Crippen LogP contribution in [-0.2, 0) is 27.3 Å². The lowest BCUT2D eigenvalue weighted by Gasteiger charge is -2.19. The summed E-state index contributed by atoms with van der Waals surface area (Å²) in [6.07, 6.45) is -0.812. The van der Waals surface area contributed by atoms with Crippen molar-refractivity contribution in [1.29, 1.82) is 0 Å². The highest BCUT2D eigenvalue weighted by atomic mass is 16.7. The van der Waals surface area contributed by atoms with E-state index in [1.165, 1.54) is 0 Å². The molecule has 2 aromatic carbocycles. The molecule has 0 saturated heterocycles. The van der Waals surface area contributed by atoms with Gasteiger partial charge in [-0.05, 0) is 50.5 Å². The summed E-state index contributed by atoms with van der Waals surface area (Å²) in [7, 11) is 0. The second-order valence-corrected chi connectivity index (χ2v) is 7.11. The number of rotatable bonds is 6. The molecule has 0 amide bonds. The molecular formula is C21H25NO5. The van der Waals surface area contributed by atoms with E-state index in [1.54, 1.807) is 20.8 Å². The molecule has 0 fully saturated rings. The largest absolute Gasteiger partial charge is 0.516 e. The summed E-state index contributed by atoms with van der Waals surface area (Å²) < 4.78 is 15.3. The van der Waals surface area contributed by atoms with Crippen molar-refractivity contribution in [3.05, 3.63) is 65.7 Å². The second kappa shape index (κ2) is 9.19. The first-order chi connectivity index (χ1) is 12.7. The quantitative estimate of drug-likeness (QED) is 0.616. The Morgan fingerprint density at radius 1 is 0.963 bits per heavy atom. The maximum atomic E-state index is 11.9. The predicted molar refractivity (Wildman–Crippen MR) is 101 cm³/mol. The standard InChI is InChI=1S/C21H25NO5/c1-21(2,3)27-20(24)26-19(23)18(22)13-15-9-11-17(12-10-15)25-14-16-7-5-4-6-8-16/h4-12,18H,13-14,22H2,1-3H3/t18-/m0/s1. The van der Waals surface area contributed by atoms with Crippen LogP contribution >= 0.6 is 0 Å². The van der Waals surface area contributed by atoms with E-state index in [9.17, 15) is 9.59 Å². The fourth-order valence-corrected chi connectivity index (χ4v) is 2.23. The zero-order valence-electron chi connectivity index (χ0n) is 15.8. The maximum Gasteiger partial charge on any atom is 0.516 e. The molecule has 6 nitrogen and oxygen atoms in total. The Balaban J connectivity index is 1.82. The van der Waals surface area contributed by atoms with Crippen molar-refractivity contribution >= 4 is 12.1 Å². The highest BCUT2D eigenvalue weighted by molar-refractivity contribution is 5.85. The van der Waals surface area contributed by atoms with Gasteiger partial charge in [-0.15, -0.1) is 0 Å². The monoisotopic (exact) mass is 371 g/mol. The number of esters is 1. The van der Waals surface area contributed by atoms with E-state index in [0.29, 0.717) is 12.4 Å². The first-order valence-corrected chi connectivity index (χ1v) is 8.69. The molecule has 0 unspecified atom stereocenters. The Kier molecular flexibility index (Phi) is 6.96. The third-order valence-electron chi connectivity index (χ3n) is 3.50. The topological polar surface area (TPSA) is 87.9 Å². The molecule has 0 aromatic heterocycles. The summed E-state index contributed by atoms with van der Waals surface area (Å²) >= 11 is 0. The molecular weight excluding hydrogens is 346 g/mol. The summed E-state index contributed by atoms with van der Waals surface area (Å²) in [6.45, 7) is 5.52. The van der Waals surface area contributed by atoms with E-state index in [1.807, 2.05) is 54.6 Å². The minimum Gasteiger partial charge on any atom is -0.489 e. The fourth-order valence-electron chi connectivity index (χ4n) is 2.23. The molecule has 0 saturated carbocycles. The van der Waals surface area contributed by atoms with Crippen LogP contribution in [0.2, 0.25) is 0 Å². The number of hydrogen-bond donors (Lipinski definition) is 1. The lowest BCUT2D eigenvalue weighted by Crippen LogP contribution is -2.37. The molecule has 0 bridgehead atoms. The van der Waals surface area contributed by atoms with Gasteiger partial charge in [-0.3, -0.25) is 0 Å². The van der Waals surface area contributed by atoms with Crippen LogP contribution in [0, 0.1) is 0 Å². The first kappa shape index (κ1) is 20.5. The SMILES string of the molecule is CC(C)(C)OC(=O)OC(=O)[C@@H](N)Cc1ccc(OCc2ccccc2)cc1. The molecule has 0 heterocycles. The molecule has 1 atom stereocenters. The summed E-state index contributed by atoms with van der Waals surface area (Å²) in [6, 6.07) is 16.1. The van der Waals surface area contributed by atoms with Crippen LogP contribution in [0.1, 0.15) is 31.9 Å². The zero-order chi connectivity index (χ0) is 19.9. The number of carbonyl (C=O) groups is 2. The van der Waals surface area contributed by atoms with Crippen LogP contribution in [0.4, 0.5) is 4.79 Å². The van der Waals surface area contributed by atoms with Gasteiger partial charge in [0.05, 0.1) is 0 Å². The van der Waals surface area contributed by atoms with Crippen molar-refractivity contribution in [2.75, 3.05) is 0 Å². The highest BCUT2D eigenvalue weighted by Gasteiger charge is 2.24. The molecule has 27 heavy (non-hydrogen) atoms. The normalized spacial score (nSPS) is 12.1. The Morgan fingerprint density at radius 3 is 2.19 bits per heavy atom. The minimum atomic E-state index is -1.05. The van der Waals surface area contributed by atoms with Crippen molar-refractivity contribution < 1.29 is 23.8 Å². The van der Waals surface area contributed by atoms with Gasteiger partial charge in [0.2, 0.25) is 0 Å². The lowest BCUT2D eigenvalue weighted by molar-refractivity contribution is -0.142. The van der Waals surface area contributed by atoms with Gasteiger partial charge in [0.1, 0.15) is 24.0 Å². The minimum absolute atomic E-state index is 0.237. The van der Waals surface area contributed by atoms with Gasteiger partial charge < -0.3 is 19.9 Å². The van der Waals surface area contributed by atoms with Gasteiger partial charge in [-0.1, -0.05) is 42.5 Å². The van der Waals surface area contributed by atoms with Crippen molar-refractivity contribution in [1.82, 2.24) is 0 Å². The summed E-state index contributed by atoms with van der Waals surface area (Å²) in [5.74, 6) is -0.110. The molecule has 2 rings (SSSR count). The van der Waals surface area contributed by atoms with E-state index in [2.05, 4.69) is 4.74 Å². The molecule has 0 aliphatic rings. The Bertz CT molecular complexity index is 750. The van der Waals surface area contributed by atoms with Gasteiger partial charge in [0.15, 0.2) is 0 Å². The van der Waals surface area contributed by atoms with E-state index < -0.39 is 23.8 Å². The molecule has 2 aromatic rings. The van der Waals surface area contributed by atoms with Crippen molar-refractivity contribution in [3.63, 3.8) is 0 Å². The average molecular weight is 371 g/mol. The zero-order valence-corrected chi connectivity index (χ0v) is 15.8. The van der Waals surface area contributed by atoms with Crippen molar-refractivity contribution in [2.24, 2.45) is 5.73 Å². The summed E-state index contributed by atoms with van der Waals surface area (Å²) in [5, 5.41) is 0. The van der Waals surface area contributed by atoms with Crippen LogP contribution in [0.5, 0.6) is 5.75 Å². The fraction of sp³-hybridized carbons (Fsp3) is 0.333. The van der Waals surface area contributed by atoms with E-state index in [0.717, 1.165) is 11.1 Å². The molecule has 0 spiro atoms. The molecule has 6 heteroatoms. The summed E-state index contributed by atoms with van der Waals surface area (Å²) in [4.78, 5) is 23.4. The van der Waals surface area contributed by atoms with Gasteiger partial charge in [-0.25, -0.2) is 9.59 Å². The molecule has 0 radical (unpaired) electrons. The second-order valence-electron chi connectivity index (χ2n) is 7.11. The third-order valence-corrected chi connectivity index (χ3v) is 3.50. The van der Waals surface area contributed by atoms with Crippen molar-refractivity contribution in [3.8, 4) is 5.75 Å². The van der Waals surface area contributed by atoms with E-state index >= 15 is 0 Å². The number of ether oxygens (including phenoxy) is 3. The maximum absolute atomic E-state index is 11.9. The molecule has 0 aliphatic heterocycles. The van der Waals surface area contributed by atoms with Crippen LogP contribution in [-0.4, -0.2) is 23.8 Å². The molecule has 2 N–H and O–H groups in total. The Morgan fingerprint density at radius 2 is 1.59 bits per heavy atom. The smallest absolute Gasteiger partial charge is 0.489 e. The third kappa shape index (κ3) is 7.50. The van der Waals surface area contributed by atoms with E-state index in [-0.39, 0.29) is 6.42 Å². The highest BCUT2D eigenvalue weighted by Crippen LogP contribution is 2.15.